The topological polar surface area (TPSA) is 77.1 Å². The molecule has 2 aliphatic rings. The summed E-state index contributed by atoms with van der Waals surface area (Å²) in [6.45, 7) is 0. The Balaban J connectivity index is 1.37. The lowest BCUT2D eigenvalue weighted by Gasteiger charge is -2.18. The quantitative estimate of drug-likeness (QED) is 0.389. The molecule has 1 amide bonds. The number of nitrogen functional groups attached to an aromatic ring is 1. The third kappa shape index (κ3) is 3.78. The maximum atomic E-state index is 13.3. The van der Waals surface area contributed by atoms with E-state index in [2.05, 4.69) is 47.8 Å². The highest BCUT2D eigenvalue weighted by Gasteiger charge is 2.37. The molecule has 1 unspecified atom stereocenters. The first-order valence-electron chi connectivity index (χ1n) is 11.6. The first-order valence-corrected chi connectivity index (χ1v) is 12.6. The summed E-state index contributed by atoms with van der Waals surface area (Å²) < 4.78 is 1.72. The van der Waals surface area contributed by atoms with Crippen molar-refractivity contribution in [3.05, 3.63) is 99.8 Å². The van der Waals surface area contributed by atoms with Crippen molar-refractivity contribution in [2.75, 3.05) is 16.8 Å². The van der Waals surface area contributed by atoms with Crippen molar-refractivity contribution in [1.82, 2.24) is 4.57 Å². The van der Waals surface area contributed by atoms with Gasteiger partial charge in [0.15, 0.2) is 0 Å². The number of carbonyl (C=O) groups excluding carboxylic acids is 1. The molecule has 1 saturated carbocycles. The third-order valence-electron chi connectivity index (χ3n) is 6.75. The van der Waals surface area contributed by atoms with Crippen LogP contribution in [0.3, 0.4) is 0 Å². The Hall–Kier alpha value is -3.51. The fraction of sp³-hybridized carbons (Fsp3) is 0.214. The Bertz CT molecular complexity index is 1470. The SMILES string of the molecule is Nc1ccc(NC(=O)C2CSc3c(C4CC4)c(Cc4cccc5ccccc45)cc(=O)n32)cc1. The number of rotatable bonds is 5. The molecule has 2 heterocycles. The van der Waals surface area contributed by atoms with Crippen LogP contribution in [0.15, 0.2) is 82.6 Å². The van der Waals surface area contributed by atoms with E-state index in [9.17, 15) is 9.59 Å². The molecule has 1 aliphatic carbocycles. The monoisotopic (exact) mass is 467 g/mol. The van der Waals surface area contributed by atoms with E-state index < -0.39 is 6.04 Å². The van der Waals surface area contributed by atoms with Crippen molar-refractivity contribution in [1.29, 1.82) is 0 Å². The predicted octanol–water partition coefficient (Wildman–Crippen LogP) is 5.34. The van der Waals surface area contributed by atoms with Crippen molar-refractivity contribution in [3.63, 3.8) is 0 Å². The molecule has 170 valence electrons. The third-order valence-corrected chi connectivity index (χ3v) is 7.92. The van der Waals surface area contributed by atoms with Gasteiger partial charge >= 0.3 is 0 Å². The van der Waals surface area contributed by atoms with E-state index in [1.807, 2.05) is 0 Å². The van der Waals surface area contributed by atoms with E-state index in [0.29, 0.717) is 23.0 Å². The van der Waals surface area contributed by atoms with Crippen LogP contribution in [0.4, 0.5) is 11.4 Å². The van der Waals surface area contributed by atoms with Gasteiger partial charge in [-0.25, -0.2) is 0 Å². The van der Waals surface area contributed by atoms with Gasteiger partial charge in [-0.15, -0.1) is 11.8 Å². The number of fused-ring (bicyclic) bond motifs is 2. The second-order valence-corrected chi connectivity index (χ2v) is 10.1. The maximum absolute atomic E-state index is 13.3. The van der Waals surface area contributed by atoms with Gasteiger partial charge in [0.05, 0.1) is 5.03 Å². The number of nitrogens with zero attached hydrogens (tertiary/aromatic N) is 1. The number of hydrogen-bond donors (Lipinski definition) is 2. The number of carbonyl (C=O) groups is 1. The molecule has 3 aromatic carbocycles. The van der Waals surface area contributed by atoms with Crippen LogP contribution in [0.1, 0.15) is 41.5 Å². The largest absolute Gasteiger partial charge is 0.399 e. The molecule has 6 heteroatoms. The zero-order chi connectivity index (χ0) is 23.2. The Morgan fingerprint density at radius 1 is 1.00 bits per heavy atom. The summed E-state index contributed by atoms with van der Waals surface area (Å²) in [5.41, 5.74) is 10.6. The summed E-state index contributed by atoms with van der Waals surface area (Å²) in [4.78, 5) is 26.5. The first kappa shape index (κ1) is 21.1. The van der Waals surface area contributed by atoms with Crippen LogP contribution >= 0.6 is 11.8 Å². The van der Waals surface area contributed by atoms with Crippen LogP contribution in [0.25, 0.3) is 10.8 Å². The average Bonchev–Trinajstić information content (AvgIpc) is 3.57. The lowest BCUT2D eigenvalue weighted by atomic mass is 9.95. The van der Waals surface area contributed by atoms with Crippen LogP contribution in [0, 0.1) is 0 Å². The highest BCUT2D eigenvalue weighted by molar-refractivity contribution is 7.99. The normalized spacial score (nSPS) is 17.0. The molecule has 34 heavy (non-hydrogen) atoms. The number of nitrogens with one attached hydrogen (secondary N) is 1. The highest BCUT2D eigenvalue weighted by Crippen LogP contribution is 2.48. The average molecular weight is 468 g/mol. The molecule has 5 nitrogen and oxygen atoms in total. The minimum Gasteiger partial charge on any atom is -0.399 e. The minimum atomic E-state index is -0.519. The molecule has 0 bridgehead atoms. The Morgan fingerprint density at radius 2 is 1.76 bits per heavy atom. The van der Waals surface area contributed by atoms with Crippen molar-refractivity contribution < 1.29 is 4.79 Å². The number of anilines is 2. The first-order chi connectivity index (χ1) is 16.6. The zero-order valence-corrected chi connectivity index (χ0v) is 19.5. The van der Waals surface area contributed by atoms with Crippen molar-refractivity contribution >= 4 is 39.8 Å². The van der Waals surface area contributed by atoms with Gasteiger partial charge in [0.25, 0.3) is 5.56 Å². The molecule has 3 N–H and O–H groups in total. The molecule has 1 aliphatic heterocycles. The number of nitrogens with two attached hydrogens (primary N) is 1. The summed E-state index contributed by atoms with van der Waals surface area (Å²) in [5.74, 6) is 0.868. The molecule has 4 aromatic rings. The van der Waals surface area contributed by atoms with E-state index in [0.717, 1.165) is 29.9 Å². The van der Waals surface area contributed by atoms with Gasteiger partial charge < -0.3 is 11.1 Å². The molecule has 0 radical (unpaired) electrons. The minimum absolute atomic E-state index is 0.0999. The number of thioether (sulfide) groups is 1. The van der Waals surface area contributed by atoms with Gasteiger partial charge in [0.2, 0.25) is 5.91 Å². The van der Waals surface area contributed by atoms with E-state index in [1.54, 1.807) is 46.7 Å². The van der Waals surface area contributed by atoms with Gasteiger partial charge in [-0.1, -0.05) is 42.5 Å². The Kier molecular flexibility index (Phi) is 5.18. The van der Waals surface area contributed by atoms with Crippen LogP contribution < -0.4 is 16.6 Å². The van der Waals surface area contributed by atoms with Gasteiger partial charge in [-0.2, -0.15) is 0 Å². The molecular formula is C28H25N3O2S. The summed E-state index contributed by atoms with van der Waals surface area (Å²) >= 11 is 1.64. The van der Waals surface area contributed by atoms with Gasteiger partial charge in [-0.05, 0) is 76.9 Å². The number of hydrogen-bond acceptors (Lipinski definition) is 4. The molecule has 1 atom stereocenters. The predicted molar refractivity (Wildman–Crippen MR) is 139 cm³/mol. The lowest BCUT2D eigenvalue weighted by Crippen LogP contribution is -2.33. The van der Waals surface area contributed by atoms with E-state index in [1.165, 1.54) is 21.9 Å². The van der Waals surface area contributed by atoms with Crippen molar-refractivity contribution in [3.8, 4) is 0 Å². The molecule has 1 fully saturated rings. The van der Waals surface area contributed by atoms with E-state index >= 15 is 0 Å². The standard InChI is InChI=1S/C28H25N3O2S/c29-21-10-12-22(13-11-21)30-27(33)24-16-34-28-26(18-8-9-18)20(15-25(32)31(24)28)14-19-6-3-5-17-4-1-2-7-23(17)19/h1-7,10-13,15,18,24H,8-9,14,16,29H2,(H,30,33). The lowest BCUT2D eigenvalue weighted by molar-refractivity contribution is -0.118. The summed E-state index contributed by atoms with van der Waals surface area (Å²) in [5, 5.41) is 6.36. The summed E-state index contributed by atoms with van der Waals surface area (Å²) in [6, 6.07) is 23.1. The number of aromatic nitrogens is 1. The van der Waals surface area contributed by atoms with Crippen LogP contribution in [0.5, 0.6) is 0 Å². The molecule has 1 aromatic heterocycles. The van der Waals surface area contributed by atoms with Gasteiger partial charge in [0.1, 0.15) is 6.04 Å². The van der Waals surface area contributed by atoms with Crippen molar-refractivity contribution in [2.45, 2.75) is 36.2 Å². The Morgan fingerprint density at radius 3 is 2.56 bits per heavy atom. The molecule has 0 spiro atoms. The van der Waals surface area contributed by atoms with E-state index in [4.69, 9.17) is 5.73 Å². The van der Waals surface area contributed by atoms with Gasteiger partial charge in [0, 0.05) is 23.2 Å². The van der Waals surface area contributed by atoms with Crippen molar-refractivity contribution in [2.24, 2.45) is 0 Å². The van der Waals surface area contributed by atoms with Crippen LogP contribution in [-0.4, -0.2) is 16.2 Å². The van der Waals surface area contributed by atoms with E-state index in [-0.39, 0.29) is 11.5 Å². The van der Waals surface area contributed by atoms with Gasteiger partial charge in [-0.3, -0.25) is 14.2 Å². The second kappa shape index (κ2) is 8.37. The summed E-state index contributed by atoms with van der Waals surface area (Å²) in [7, 11) is 0. The fourth-order valence-corrected chi connectivity index (χ4v) is 6.36. The second-order valence-electron chi connectivity index (χ2n) is 9.12. The Labute approximate surface area is 202 Å². The zero-order valence-electron chi connectivity index (χ0n) is 18.7. The fourth-order valence-electron chi connectivity index (χ4n) is 4.93. The smallest absolute Gasteiger partial charge is 0.252 e. The molecule has 0 saturated heterocycles. The highest BCUT2D eigenvalue weighted by atomic mass is 32.2. The summed E-state index contributed by atoms with van der Waals surface area (Å²) in [6.07, 6.45) is 2.99. The van der Waals surface area contributed by atoms with Crippen LogP contribution in [0.2, 0.25) is 0 Å². The number of benzene rings is 3. The maximum Gasteiger partial charge on any atom is 0.252 e. The number of amides is 1. The molecule has 6 rings (SSSR count). The number of pyridine rings is 1. The van der Waals surface area contributed by atoms with Crippen LogP contribution in [-0.2, 0) is 11.2 Å². The molecular weight excluding hydrogens is 442 g/mol.